The summed E-state index contributed by atoms with van der Waals surface area (Å²) in [4.78, 5) is 1.29. The highest BCUT2D eigenvalue weighted by Crippen LogP contribution is 2.34. The Kier molecular flexibility index (Phi) is 6.19. The lowest BCUT2D eigenvalue weighted by atomic mass is 10.0. The minimum absolute atomic E-state index is 0.116. The van der Waals surface area contributed by atoms with E-state index in [1.807, 2.05) is 18.2 Å². The first-order chi connectivity index (χ1) is 12.4. The Morgan fingerprint density at radius 2 is 1.65 bits per heavy atom. The summed E-state index contributed by atoms with van der Waals surface area (Å²) in [7, 11) is -1.80. The van der Waals surface area contributed by atoms with Crippen molar-refractivity contribution in [1.82, 2.24) is 0 Å². The van der Waals surface area contributed by atoms with E-state index in [9.17, 15) is 0 Å². The van der Waals surface area contributed by atoms with Crippen molar-refractivity contribution in [3.63, 3.8) is 0 Å². The van der Waals surface area contributed by atoms with Gasteiger partial charge in [0.2, 0.25) is 8.32 Å². The van der Waals surface area contributed by atoms with Crippen LogP contribution in [0.25, 0.3) is 0 Å². The summed E-state index contributed by atoms with van der Waals surface area (Å²) in [6, 6.07) is 22.9. The van der Waals surface area contributed by atoms with Crippen molar-refractivity contribution in [2.75, 3.05) is 5.06 Å². The summed E-state index contributed by atoms with van der Waals surface area (Å²) >= 11 is 7.84. The molecule has 0 spiro atoms. The van der Waals surface area contributed by atoms with Gasteiger partial charge < -0.3 is 4.53 Å². The number of nitrogens with zero attached hydrogens (tertiary/aromatic N) is 1. The number of halogens is 1. The number of hydrogen-bond donors (Lipinski definition) is 0. The van der Waals surface area contributed by atoms with Crippen LogP contribution in [0.3, 0.4) is 0 Å². The second-order valence-electron chi connectivity index (χ2n) is 7.23. The first-order valence-corrected chi connectivity index (χ1v) is 13.4. The molecule has 0 radical (unpaired) electrons. The number of rotatable bonds is 7. The number of hydroxylamine groups is 1. The average molecular weight is 402 g/mol. The molecule has 26 heavy (non-hydrogen) atoms. The molecule has 0 aliphatic carbocycles. The number of para-hydroxylation sites is 1. The van der Waals surface area contributed by atoms with Crippen molar-refractivity contribution in [2.45, 2.75) is 32.1 Å². The number of hydrogen-bond acceptors (Lipinski definition) is 3. The van der Waals surface area contributed by atoms with Gasteiger partial charge in [-0.3, -0.25) is 5.06 Å². The van der Waals surface area contributed by atoms with Crippen LogP contribution < -0.4 is 5.06 Å². The van der Waals surface area contributed by atoms with Crippen LogP contribution in [0, 0.1) is 0 Å². The van der Waals surface area contributed by atoms with E-state index < -0.39 is 8.32 Å². The van der Waals surface area contributed by atoms with Gasteiger partial charge in [0.15, 0.2) is 0 Å². The van der Waals surface area contributed by atoms with Gasteiger partial charge >= 0.3 is 0 Å². The zero-order chi connectivity index (χ0) is 18.6. The predicted octanol–water partition coefficient (Wildman–Crippen LogP) is 6.96. The van der Waals surface area contributed by atoms with Crippen molar-refractivity contribution in [3.8, 4) is 0 Å². The van der Waals surface area contributed by atoms with Crippen LogP contribution in [0.2, 0.25) is 24.7 Å². The van der Waals surface area contributed by atoms with E-state index in [0.29, 0.717) is 0 Å². The smallest absolute Gasteiger partial charge is 0.220 e. The topological polar surface area (TPSA) is 12.5 Å². The number of anilines is 1. The summed E-state index contributed by atoms with van der Waals surface area (Å²) in [5.74, 6) is 0. The van der Waals surface area contributed by atoms with Crippen molar-refractivity contribution in [1.29, 1.82) is 0 Å². The first kappa shape index (κ1) is 19.2. The Morgan fingerprint density at radius 1 is 0.962 bits per heavy atom. The van der Waals surface area contributed by atoms with Gasteiger partial charge in [-0.2, -0.15) is 0 Å². The molecule has 5 heteroatoms. The molecule has 1 unspecified atom stereocenters. The summed E-state index contributed by atoms with van der Waals surface area (Å²) in [6.45, 7) is 6.66. The van der Waals surface area contributed by atoms with Gasteiger partial charge in [0.1, 0.15) is 0 Å². The molecular weight excluding hydrogens is 378 g/mol. The van der Waals surface area contributed by atoms with Crippen LogP contribution in [0.1, 0.15) is 16.5 Å². The fraction of sp³-hybridized carbons (Fsp3) is 0.238. The van der Waals surface area contributed by atoms with Crippen molar-refractivity contribution >= 4 is 36.9 Å². The van der Waals surface area contributed by atoms with Gasteiger partial charge in [0.05, 0.1) is 11.7 Å². The molecule has 1 heterocycles. The van der Waals surface area contributed by atoms with Gasteiger partial charge in [-0.05, 0) is 60.9 Å². The minimum Gasteiger partial charge on any atom is -0.320 e. The van der Waals surface area contributed by atoms with Gasteiger partial charge in [-0.1, -0.05) is 48.0 Å². The van der Waals surface area contributed by atoms with E-state index in [1.54, 1.807) is 11.3 Å². The summed E-state index contributed by atoms with van der Waals surface area (Å²) < 4.78 is 6.56. The predicted molar refractivity (Wildman–Crippen MR) is 116 cm³/mol. The fourth-order valence-corrected chi connectivity index (χ4v) is 4.55. The van der Waals surface area contributed by atoms with E-state index in [4.69, 9.17) is 16.1 Å². The average Bonchev–Trinajstić information content (AvgIpc) is 3.14. The highest BCUT2D eigenvalue weighted by Gasteiger charge is 2.28. The monoisotopic (exact) mass is 401 g/mol. The number of thiophene rings is 1. The molecule has 3 rings (SSSR count). The van der Waals surface area contributed by atoms with E-state index in [1.165, 1.54) is 10.4 Å². The summed E-state index contributed by atoms with van der Waals surface area (Å²) in [6.07, 6.45) is 0.858. The van der Waals surface area contributed by atoms with Crippen LogP contribution in [-0.2, 0) is 10.9 Å². The van der Waals surface area contributed by atoms with E-state index in [2.05, 4.69) is 78.6 Å². The van der Waals surface area contributed by atoms with Gasteiger partial charge in [-0.25, -0.2) is 0 Å². The highest BCUT2D eigenvalue weighted by atomic mass is 35.5. The first-order valence-electron chi connectivity index (χ1n) is 8.74. The molecule has 0 bridgehead atoms. The zero-order valence-corrected chi connectivity index (χ0v) is 17.9. The summed E-state index contributed by atoms with van der Waals surface area (Å²) in [5.41, 5.74) is 2.33. The summed E-state index contributed by atoms with van der Waals surface area (Å²) in [5, 5.41) is 5.01. The maximum Gasteiger partial charge on any atom is 0.220 e. The van der Waals surface area contributed by atoms with Crippen LogP contribution in [0.15, 0.2) is 72.1 Å². The van der Waals surface area contributed by atoms with Crippen LogP contribution in [0.5, 0.6) is 0 Å². The van der Waals surface area contributed by atoms with E-state index in [-0.39, 0.29) is 6.04 Å². The van der Waals surface area contributed by atoms with Crippen LogP contribution in [-0.4, -0.2) is 8.32 Å². The van der Waals surface area contributed by atoms with E-state index in [0.717, 1.165) is 17.1 Å². The lowest BCUT2D eigenvalue weighted by molar-refractivity contribution is 0.234. The van der Waals surface area contributed by atoms with Gasteiger partial charge in [-0.15, -0.1) is 11.3 Å². The van der Waals surface area contributed by atoms with Crippen molar-refractivity contribution in [2.24, 2.45) is 0 Å². The molecule has 0 saturated heterocycles. The SMILES string of the molecule is C[Si](C)(C)ON(c1ccccc1)C(Cc1ccc(Cl)cc1)c1cccs1. The Bertz CT molecular complexity index is 800. The fourth-order valence-electron chi connectivity index (χ4n) is 2.79. The van der Waals surface area contributed by atoms with E-state index >= 15 is 0 Å². The lowest BCUT2D eigenvalue weighted by Crippen LogP contribution is -2.40. The molecule has 0 amide bonds. The van der Waals surface area contributed by atoms with Gasteiger partial charge in [0, 0.05) is 16.3 Å². The Morgan fingerprint density at radius 3 is 2.23 bits per heavy atom. The minimum atomic E-state index is -1.80. The highest BCUT2D eigenvalue weighted by molar-refractivity contribution is 7.10. The molecule has 2 aromatic carbocycles. The standard InChI is InChI=1S/C21H24ClNOSSi/c1-26(2,3)24-23(19-8-5-4-6-9-19)20(21-10-7-15-25-21)16-17-11-13-18(22)14-12-17/h4-15,20H,16H2,1-3H3. The quantitative estimate of drug-likeness (QED) is 0.313. The third-order valence-corrected chi connectivity index (χ3v) is 5.85. The molecule has 3 aromatic rings. The molecule has 0 aliphatic heterocycles. The zero-order valence-electron chi connectivity index (χ0n) is 15.4. The van der Waals surface area contributed by atoms with Gasteiger partial charge in [0.25, 0.3) is 0 Å². The molecule has 2 nitrogen and oxygen atoms in total. The molecule has 0 N–H and O–H groups in total. The molecule has 1 aromatic heterocycles. The molecule has 0 saturated carbocycles. The molecule has 0 aliphatic rings. The normalized spacial score (nSPS) is 12.8. The van der Waals surface area contributed by atoms with Crippen LogP contribution >= 0.6 is 22.9 Å². The molecule has 0 fully saturated rings. The molecule has 1 atom stereocenters. The maximum atomic E-state index is 6.56. The number of benzene rings is 2. The Hall–Kier alpha value is -1.59. The Labute approximate surface area is 166 Å². The second-order valence-corrected chi connectivity index (χ2v) is 13.0. The van der Waals surface area contributed by atoms with Crippen molar-refractivity contribution < 1.29 is 4.53 Å². The molecular formula is C21H24ClNOSSi. The van der Waals surface area contributed by atoms with Crippen LogP contribution in [0.4, 0.5) is 5.69 Å². The largest absolute Gasteiger partial charge is 0.320 e. The molecule has 136 valence electrons. The van der Waals surface area contributed by atoms with Crippen molar-refractivity contribution in [3.05, 3.63) is 87.6 Å². The maximum absolute atomic E-state index is 6.56. The third-order valence-electron chi connectivity index (χ3n) is 3.88. The lowest BCUT2D eigenvalue weighted by Gasteiger charge is -2.37. The second kappa shape index (κ2) is 8.40. The Balaban J connectivity index is 1.99. The third kappa shape index (κ3) is 5.21.